The fourth-order valence-corrected chi connectivity index (χ4v) is 8.94. The van der Waals surface area contributed by atoms with Crippen molar-refractivity contribution < 1.29 is 26.8 Å². The van der Waals surface area contributed by atoms with Gasteiger partial charge >= 0.3 is 7.60 Å². The number of carbonyl (C=O) groups excluding carboxylic acids is 1. The summed E-state index contributed by atoms with van der Waals surface area (Å²) >= 11 is 12.3. The lowest BCUT2D eigenvalue weighted by molar-refractivity contribution is 0.0793. The summed E-state index contributed by atoms with van der Waals surface area (Å²) in [6, 6.07) is 14.4. The molecule has 0 spiro atoms. The Morgan fingerprint density at radius 3 is 2.18 bits per heavy atom. The number of likely N-dealkylation sites (tertiary alicyclic amines) is 1. The number of hydrogen-bond donors (Lipinski definition) is 0. The van der Waals surface area contributed by atoms with Crippen LogP contribution < -0.4 is 4.31 Å². The molecule has 0 unspecified atom stereocenters. The van der Waals surface area contributed by atoms with Crippen LogP contribution in [0.4, 0.5) is 5.69 Å². The number of amides is 1. The van der Waals surface area contributed by atoms with Gasteiger partial charge in [0.05, 0.1) is 29.4 Å². The van der Waals surface area contributed by atoms with Gasteiger partial charge in [-0.2, -0.15) is 0 Å². The summed E-state index contributed by atoms with van der Waals surface area (Å²) in [5.41, 5.74) is 0.262. The number of anilines is 1. The molecule has 0 radical (unpaired) electrons. The second kappa shape index (κ2) is 11.9. The highest BCUT2D eigenvalue weighted by molar-refractivity contribution is 7.93. The van der Waals surface area contributed by atoms with Gasteiger partial charge < -0.3 is 13.9 Å². The highest BCUT2D eigenvalue weighted by Crippen LogP contribution is 2.51. The van der Waals surface area contributed by atoms with Crippen molar-refractivity contribution in [3.8, 4) is 0 Å². The average molecular weight is 599 g/mol. The maximum Gasteiger partial charge on any atom is 0.350 e. The van der Waals surface area contributed by atoms with E-state index in [-0.39, 0.29) is 45.3 Å². The lowest BCUT2D eigenvalue weighted by Gasteiger charge is -2.31. The molecule has 1 aliphatic heterocycles. The third kappa shape index (κ3) is 6.03. The number of rotatable bonds is 10. The van der Waals surface area contributed by atoms with E-state index in [1.807, 2.05) is 12.1 Å². The molecule has 0 saturated carbocycles. The van der Waals surface area contributed by atoms with Crippen LogP contribution in [0.1, 0.15) is 37.0 Å². The van der Waals surface area contributed by atoms with Gasteiger partial charge in [0, 0.05) is 28.5 Å². The fourth-order valence-electron chi connectivity index (χ4n) is 4.53. The van der Waals surface area contributed by atoms with Crippen LogP contribution in [-0.2, 0) is 23.6 Å². The van der Waals surface area contributed by atoms with E-state index in [9.17, 15) is 17.8 Å². The van der Waals surface area contributed by atoms with Crippen LogP contribution in [0.2, 0.25) is 10.0 Å². The van der Waals surface area contributed by atoms with Gasteiger partial charge in [0.2, 0.25) is 0 Å². The van der Waals surface area contributed by atoms with Crippen molar-refractivity contribution in [3.05, 3.63) is 70.2 Å². The number of carbonyl (C=O) groups is 1. The molecular formula is C26H29Cl2N2O6PS. The second-order valence-electron chi connectivity index (χ2n) is 8.73. The smallest absolute Gasteiger partial charge is 0.339 e. The third-order valence-electron chi connectivity index (χ3n) is 6.15. The lowest BCUT2D eigenvalue weighted by atomic mass is 10.0. The molecule has 38 heavy (non-hydrogen) atoms. The number of halogens is 2. The number of fused-ring (bicyclic) bond motifs is 1. The fraction of sp³-hybridized carbons (Fsp3) is 0.346. The maximum atomic E-state index is 14.3. The van der Waals surface area contributed by atoms with Crippen LogP contribution in [-0.4, -0.2) is 51.8 Å². The van der Waals surface area contributed by atoms with E-state index in [4.69, 9.17) is 32.2 Å². The zero-order valence-electron chi connectivity index (χ0n) is 21.1. The van der Waals surface area contributed by atoms with Crippen molar-refractivity contribution in [2.75, 3.05) is 36.9 Å². The number of hydrogen-bond acceptors (Lipinski definition) is 6. The predicted molar refractivity (Wildman–Crippen MR) is 151 cm³/mol. The predicted octanol–water partition coefficient (Wildman–Crippen LogP) is 6.80. The molecule has 8 nitrogen and oxygen atoms in total. The normalized spacial score (nSPS) is 14.3. The molecule has 12 heteroatoms. The lowest BCUT2D eigenvalue weighted by Crippen LogP contribution is -2.36. The van der Waals surface area contributed by atoms with Crippen molar-refractivity contribution in [2.24, 2.45) is 0 Å². The average Bonchev–Trinajstić information content (AvgIpc) is 3.41. The van der Waals surface area contributed by atoms with E-state index in [0.717, 1.165) is 17.1 Å². The molecule has 0 aliphatic carbocycles. The first-order chi connectivity index (χ1) is 18.1. The minimum Gasteiger partial charge on any atom is -0.339 e. The van der Waals surface area contributed by atoms with Gasteiger partial charge in [0.25, 0.3) is 15.9 Å². The summed E-state index contributed by atoms with van der Waals surface area (Å²) in [4.78, 5) is 15.2. The van der Waals surface area contributed by atoms with Crippen molar-refractivity contribution in [3.63, 3.8) is 0 Å². The summed E-state index contributed by atoms with van der Waals surface area (Å²) in [7, 11) is -8.46. The van der Waals surface area contributed by atoms with Gasteiger partial charge in [-0.05, 0) is 56.3 Å². The van der Waals surface area contributed by atoms with Gasteiger partial charge in [0.1, 0.15) is 6.29 Å². The summed E-state index contributed by atoms with van der Waals surface area (Å²) in [6.07, 6.45) is 1.07. The molecule has 3 aromatic carbocycles. The van der Waals surface area contributed by atoms with Gasteiger partial charge in [-0.15, -0.1) is 0 Å². The van der Waals surface area contributed by atoms with Crippen molar-refractivity contribution in [2.45, 2.75) is 31.6 Å². The SMILES string of the molecule is CCOP(=O)(CN(c1c(C(=O)N2CCCC2)ccc2ccccc12)S(=O)(=O)c1cc(Cl)cc(Cl)c1)OCC. The van der Waals surface area contributed by atoms with E-state index in [0.29, 0.717) is 23.9 Å². The van der Waals surface area contributed by atoms with E-state index >= 15 is 0 Å². The zero-order valence-corrected chi connectivity index (χ0v) is 24.3. The minimum absolute atomic E-state index is 0.0310. The second-order valence-corrected chi connectivity index (χ2v) is 13.5. The van der Waals surface area contributed by atoms with Crippen LogP contribution >= 0.6 is 30.8 Å². The number of sulfonamides is 1. The summed E-state index contributed by atoms with van der Waals surface area (Å²) in [5.74, 6) is -0.310. The summed E-state index contributed by atoms with van der Waals surface area (Å²) < 4.78 is 54.3. The van der Waals surface area contributed by atoms with Gasteiger partial charge in [-0.1, -0.05) is 53.5 Å². The Kier molecular flexibility index (Phi) is 9.07. The molecule has 1 fully saturated rings. The molecule has 1 saturated heterocycles. The van der Waals surface area contributed by atoms with E-state index in [1.54, 1.807) is 43.0 Å². The number of benzene rings is 3. The Balaban J connectivity index is 2.02. The maximum absolute atomic E-state index is 14.3. The third-order valence-corrected chi connectivity index (χ3v) is 10.4. The molecule has 4 rings (SSSR count). The molecule has 204 valence electrons. The topological polar surface area (TPSA) is 93.2 Å². The Hall–Kier alpha value is -2.13. The Labute approximate surface area is 233 Å². The minimum atomic E-state index is -4.48. The molecule has 0 aromatic heterocycles. The van der Waals surface area contributed by atoms with E-state index in [1.165, 1.54) is 18.2 Å². The first kappa shape index (κ1) is 28.9. The van der Waals surface area contributed by atoms with Crippen molar-refractivity contribution in [1.82, 2.24) is 4.90 Å². The van der Waals surface area contributed by atoms with Crippen molar-refractivity contribution >= 4 is 63.2 Å². The van der Waals surface area contributed by atoms with Gasteiger partial charge in [-0.3, -0.25) is 13.7 Å². The largest absolute Gasteiger partial charge is 0.350 e. The summed E-state index contributed by atoms with van der Waals surface area (Å²) in [6.45, 7) is 4.48. The van der Waals surface area contributed by atoms with Crippen LogP contribution in [0.15, 0.2) is 59.5 Å². The Bertz CT molecular complexity index is 1460. The molecule has 1 amide bonds. The summed E-state index contributed by atoms with van der Waals surface area (Å²) in [5, 5.41) is 1.42. The number of nitrogens with zero attached hydrogens (tertiary/aromatic N) is 2. The van der Waals surface area contributed by atoms with Crippen molar-refractivity contribution in [1.29, 1.82) is 0 Å². The standard InChI is InChI=1S/C26H29Cl2N2O6PS/c1-3-35-37(32,36-4-2)18-30(38(33,34)22-16-20(27)15-21(28)17-22)25-23-10-6-5-9-19(23)11-12-24(25)26(31)29-13-7-8-14-29/h5-6,9-12,15-17H,3-4,7-8,13-14,18H2,1-2H3. The molecule has 3 aromatic rings. The van der Waals surface area contributed by atoms with E-state index in [2.05, 4.69) is 0 Å². The monoisotopic (exact) mass is 598 g/mol. The molecule has 0 bridgehead atoms. The molecule has 0 atom stereocenters. The van der Waals surface area contributed by atoms with E-state index < -0.39 is 23.9 Å². The molecule has 0 N–H and O–H groups in total. The van der Waals surface area contributed by atoms with Crippen LogP contribution in [0.5, 0.6) is 0 Å². The van der Waals surface area contributed by atoms with Gasteiger partial charge in [-0.25, -0.2) is 8.42 Å². The Morgan fingerprint density at radius 1 is 0.974 bits per heavy atom. The van der Waals surface area contributed by atoms with Crippen LogP contribution in [0.25, 0.3) is 10.8 Å². The van der Waals surface area contributed by atoms with Crippen LogP contribution in [0, 0.1) is 0 Å². The highest BCUT2D eigenvalue weighted by Gasteiger charge is 2.38. The molecule has 1 aliphatic rings. The van der Waals surface area contributed by atoms with Crippen LogP contribution in [0.3, 0.4) is 0 Å². The Morgan fingerprint density at radius 2 is 1.58 bits per heavy atom. The molecular weight excluding hydrogens is 570 g/mol. The first-order valence-corrected chi connectivity index (χ1v) is 16.2. The zero-order chi connectivity index (χ0) is 27.5. The quantitative estimate of drug-likeness (QED) is 0.238. The highest BCUT2D eigenvalue weighted by atomic mass is 35.5. The molecule has 1 heterocycles. The van der Waals surface area contributed by atoms with Gasteiger partial charge in [0.15, 0.2) is 0 Å². The first-order valence-electron chi connectivity index (χ1n) is 12.3.